The van der Waals surface area contributed by atoms with E-state index >= 15 is 0 Å². The van der Waals surface area contributed by atoms with Gasteiger partial charge in [0.05, 0.1) is 5.69 Å². The smallest absolute Gasteiger partial charge is 0.264 e. The second kappa shape index (κ2) is 8.14. The van der Waals surface area contributed by atoms with Crippen LogP contribution in [-0.4, -0.2) is 26.1 Å². The number of rotatable bonds is 4. The molecule has 0 aliphatic heterocycles. The molecular formula is C21H14ClN5O3. The molecule has 0 unspecified atom stereocenters. The van der Waals surface area contributed by atoms with Gasteiger partial charge in [-0.05, 0) is 42.5 Å². The summed E-state index contributed by atoms with van der Waals surface area (Å²) in [5.74, 6) is -0.266. The van der Waals surface area contributed by atoms with Crippen LogP contribution >= 0.6 is 11.6 Å². The molecule has 0 aliphatic rings. The van der Waals surface area contributed by atoms with E-state index in [0.29, 0.717) is 33.4 Å². The van der Waals surface area contributed by atoms with Crippen LogP contribution in [-0.2, 0) is 0 Å². The van der Waals surface area contributed by atoms with Gasteiger partial charge in [0.2, 0.25) is 0 Å². The van der Waals surface area contributed by atoms with Gasteiger partial charge < -0.3 is 10.3 Å². The molecule has 9 heteroatoms. The second-order valence-electron chi connectivity index (χ2n) is 6.32. The monoisotopic (exact) mass is 419 g/mol. The maximum Gasteiger partial charge on any atom is 0.264 e. The number of nitrogens with zero attached hydrogens (tertiary/aromatic N) is 2. The molecule has 3 N–H and O–H groups in total. The fourth-order valence-electron chi connectivity index (χ4n) is 2.77. The zero-order valence-corrected chi connectivity index (χ0v) is 16.1. The zero-order chi connectivity index (χ0) is 21.1. The normalized spacial score (nSPS) is 10.6. The topological polar surface area (TPSA) is 121 Å². The second-order valence-corrected chi connectivity index (χ2v) is 6.76. The molecule has 2 heterocycles. The predicted molar refractivity (Wildman–Crippen MR) is 114 cm³/mol. The third kappa shape index (κ3) is 4.18. The van der Waals surface area contributed by atoms with Crippen LogP contribution in [0.2, 0.25) is 5.02 Å². The predicted octanol–water partition coefficient (Wildman–Crippen LogP) is 3.09. The maximum absolute atomic E-state index is 12.6. The van der Waals surface area contributed by atoms with E-state index in [0.717, 1.165) is 0 Å². The Kier molecular flexibility index (Phi) is 5.23. The number of hydrogen-bond acceptors (Lipinski definition) is 5. The lowest BCUT2D eigenvalue weighted by Crippen LogP contribution is -2.24. The molecule has 4 aromatic rings. The largest absolute Gasteiger partial charge is 0.322 e. The average molecular weight is 420 g/mol. The fraction of sp³-hybridized carbons (Fsp3) is 0. The number of carbonyl (C=O) groups excluding carboxylic acids is 1. The van der Waals surface area contributed by atoms with Gasteiger partial charge in [-0.15, -0.1) is 0 Å². The van der Waals surface area contributed by atoms with Crippen LogP contribution in [0, 0.1) is 0 Å². The molecule has 0 radical (unpaired) electrons. The number of H-pyrrole nitrogens is 2. The number of anilines is 1. The van der Waals surface area contributed by atoms with Gasteiger partial charge in [0.15, 0.2) is 0 Å². The first kappa shape index (κ1) is 19.3. The van der Waals surface area contributed by atoms with Crippen molar-refractivity contribution in [2.24, 2.45) is 0 Å². The highest BCUT2D eigenvalue weighted by molar-refractivity contribution is 6.30. The van der Waals surface area contributed by atoms with Gasteiger partial charge in [-0.1, -0.05) is 23.7 Å². The van der Waals surface area contributed by atoms with Crippen LogP contribution in [0.15, 0.2) is 76.4 Å². The molecule has 0 saturated carbocycles. The quantitative estimate of drug-likeness (QED) is 0.469. The molecule has 8 nitrogen and oxygen atoms in total. The van der Waals surface area contributed by atoms with Crippen LogP contribution in [0.4, 0.5) is 5.69 Å². The Bertz CT molecular complexity index is 1330. The molecule has 30 heavy (non-hydrogen) atoms. The fourth-order valence-corrected chi connectivity index (χ4v) is 2.90. The van der Waals surface area contributed by atoms with Crippen molar-refractivity contribution in [1.29, 1.82) is 0 Å². The number of carbonyl (C=O) groups is 1. The molecule has 4 rings (SSSR count). The van der Waals surface area contributed by atoms with Crippen LogP contribution in [0.3, 0.4) is 0 Å². The third-order valence-electron chi connectivity index (χ3n) is 4.26. The van der Waals surface area contributed by atoms with Gasteiger partial charge in [-0.2, -0.15) is 5.10 Å². The van der Waals surface area contributed by atoms with Crippen molar-refractivity contribution in [2.45, 2.75) is 0 Å². The molecule has 0 atom stereocenters. The lowest BCUT2D eigenvalue weighted by Gasteiger charge is -2.07. The van der Waals surface area contributed by atoms with E-state index in [1.54, 1.807) is 54.6 Å². The van der Waals surface area contributed by atoms with Crippen molar-refractivity contribution in [3.63, 3.8) is 0 Å². The summed E-state index contributed by atoms with van der Waals surface area (Å²) in [4.78, 5) is 42.9. The van der Waals surface area contributed by atoms with Gasteiger partial charge in [0, 0.05) is 34.1 Å². The standard InChI is InChI=1S/C21H14ClN5O3/c22-14-6-4-12(5-7-14)19-23-11-16(21(30)25-19)20(29)24-15-3-1-2-13(10-15)17-8-9-18(28)27-26-17/h1-11H,(H,24,29)(H,27,28)(H,23,25,30). The molecule has 148 valence electrons. The van der Waals surface area contributed by atoms with Gasteiger partial charge >= 0.3 is 0 Å². The Hall–Kier alpha value is -4.04. The zero-order valence-electron chi connectivity index (χ0n) is 15.3. The van der Waals surface area contributed by atoms with E-state index in [-0.39, 0.29) is 11.1 Å². The first-order valence-electron chi connectivity index (χ1n) is 8.82. The van der Waals surface area contributed by atoms with Gasteiger partial charge in [-0.25, -0.2) is 10.1 Å². The van der Waals surface area contributed by atoms with E-state index in [2.05, 4.69) is 25.5 Å². The van der Waals surface area contributed by atoms with Crippen molar-refractivity contribution < 1.29 is 4.79 Å². The summed E-state index contributed by atoms with van der Waals surface area (Å²) in [5.41, 5.74) is 1.37. The Morgan fingerprint density at radius 3 is 2.47 bits per heavy atom. The minimum Gasteiger partial charge on any atom is -0.322 e. The Morgan fingerprint density at radius 1 is 0.967 bits per heavy atom. The van der Waals surface area contributed by atoms with Gasteiger partial charge in [0.25, 0.3) is 17.0 Å². The number of aromatic amines is 2. The number of halogens is 1. The van der Waals surface area contributed by atoms with Crippen molar-refractivity contribution in [2.75, 3.05) is 5.32 Å². The first-order chi connectivity index (χ1) is 14.5. The minimum atomic E-state index is -0.599. The third-order valence-corrected chi connectivity index (χ3v) is 4.51. The number of amides is 1. The summed E-state index contributed by atoms with van der Waals surface area (Å²) in [6.07, 6.45) is 1.23. The molecule has 0 spiro atoms. The van der Waals surface area contributed by atoms with Crippen LogP contribution in [0.1, 0.15) is 10.4 Å². The molecule has 0 aliphatic carbocycles. The summed E-state index contributed by atoms with van der Waals surface area (Å²) >= 11 is 5.87. The van der Waals surface area contributed by atoms with E-state index in [4.69, 9.17) is 11.6 Å². The number of nitrogens with one attached hydrogen (secondary N) is 3. The highest BCUT2D eigenvalue weighted by atomic mass is 35.5. The summed E-state index contributed by atoms with van der Waals surface area (Å²) in [7, 11) is 0. The highest BCUT2D eigenvalue weighted by Gasteiger charge is 2.13. The first-order valence-corrected chi connectivity index (χ1v) is 9.20. The van der Waals surface area contributed by atoms with Crippen LogP contribution in [0.25, 0.3) is 22.6 Å². The average Bonchev–Trinajstić information content (AvgIpc) is 2.75. The summed E-state index contributed by atoms with van der Waals surface area (Å²) < 4.78 is 0. The lowest BCUT2D eigenvalue weighted by molar-refractivity contribution is 0.102. The minimum absolute atomic E-state index is 0.125. The summed E-state index contributed by atoms with van der Waals surface area (Å²) in [6, 6.07) is 16.6. The SMILES string of the molecule is O=C(Nc1cccc(-c2ccc(=O)[nH]n2)c1)c1cnc(-c2ccc(Cl)cc2)[nH]c1=O. The highest BCUT2D eigenvalue weighted by Crippen LogP contribution is 2.20. The van der Waals surface area contributed by atoms with Crippen molar-refractivity contribution in [3.8, 4) is 22.6 Å². The molecule has 0 fully saturated rings. The van der Waals surface area contributed by atoms with Crippen LogP contribution < -0.4 is 16.4 Å². The van der Waals surface area contributed by atoms with Gasteiger partial charge in [-0.3, -0.25) is 14.4 Å². The van der Waals surface area contributed by atoms with Crippen molar-refractivity contribution >= 4 is 23.2 Å². The molecule has 2 aromatic heterocycles. The Balaban J connectivity index is 1.56. The number of benzene rings is 2. The molecule has 2 aromatic carbocycles. The summed E-state index contributed by atoms with van der Waals surface area (Å²) in [6.45, 7) is 0. The Morgan fingerprint density at radius 2 is 1.77 bits per heavy atom. The van der Waals surface area contributed by atoms with Gasteiger partial charge in [0.1, 0.15) is 11.4 Å². The molecular weight excluding hydrogens is 406 g/mol. The van der Waals surface area contributed by atoms with E-state index in [1.807, 2.05) is 0 Å². The molecule has 1 amide bonds. The van der Waals surface area contributed by atoms with E-state index in [9.17, 15) is 14.4 Å². The Labute approximate surface area is 174 Å². The van der Waals surface area contributed by atoms with E-state index in [1.165, 1.54) is 12.3 Å². The molecule has 0 saturated heterocycles. The summed E-state index contributed by atoms with van der Waals surface area (Å²) in [5, 5.41) is 9.56. The van der Waals surface area contributed by atoms with Crippen molar-refractivity contribution in [1.82, 2.24) is 20.2 Å². The van der Waals surface area contributed by atoms with Crippen LogP contribution in [0.5, 0.6) is 0 Å². The lowest BCUT2D eigenvalue weighted by atomic mass is 10.1. The molecule has 0 bridgehead atoms. The number of aromatic nitrogens is 4. The van der Waals surface area contributed by atoms with E-state index < -0.39 is 11.5 Å². The van der Waals surface area contributed by atoms with Crippen molar-refractivity contribution in [3.05, 3.63) is 98.2 Å². The maximum atomic E-state index is 12.6. The number of hydrogen-bond donors (Lipinski definition) is 3.